The number of rotatable bonds is 0. The van der Waals surface area contributed by atoms with Crippen LogP contribution >= 0.6 is 24.8 Å². The lowest BCUT2D eigenvalue weighted by molar-refractivity contribution is 0.182. The number of piperazine rings is 1. The second kappa shape index (κ2) is 6.06. The third-order valence-electron chi connectivity index (χ3n) is 2.08. The van der Waals surface area contributed by atoms with Crippen molar-refractivity contribution in [3.63, 3.8) is 0 Å². The molecule has 2 atom stereocenters. The molecule has 1 aliphatic heterocycles. The quantitative estimate of drug-likeness (QED) is 0.632. The zero-order valence-electron chi connectivity index (χ0n) is 7.33. The molecule has 1 N–H and O–H groups in total. The summed E-state index contributed by atoms with van der Waals surface area (Å²) in [5.74, 6) is 0. The first-order valence-electron chi connectivity index (χ1n) is 3.64. The van der Waals surface area contributed by atoms with Gasteiger partial charge in [0, 0.05) is 25.2 Å². The summed E-state index contributed by atoms with van der Waals surface area (Å²) in [4.78, 5) is 2.39. The zero-order valence-corrected chi connectivity index (χ0v) is 8.97. The maximum atomic E-state index is 3.42. The SMILES string of the molecule is CC1CN(C)C(C)CN1.Cl.Cl. The Kier molecular flexibility index (Phi) is 7.75. The fourth-order valence-electron chi connectivity index (χ4n) is 1.20. The molecule has 1 aliphatic rings. The molecule has 0 aromatic heterocycles. The van der Waals surface area contributed by atoms with Gasteiger partial charge in [0.05, 0.1) is 0 Å². The summed E-state index contributed by atoms with van der Waals surface area (Å²) in [6.07, 6.45) is 0. The van der Waals surface area contributed by atoms with Crippen LogP contribution in [0.2, 0.25) is 0 Å². The second-order valence-electron chi connectivity index (χ2n) is 3.10. The molecule has 1 saturated heterocycles. The van der Waals surface area contributed by atoms with Crippen LogP contribution in [0, 0.1) is 0 Å². The number of nitrogens with one attached hydrogen (secondary N) is 1. The Hall–Kier alpha value is 0.500. The predicted octanol–water partition coefficient (Wildman–Crippen LogP) is 1.14. The van der Waals surface area contributed by atoms with E-state index in [4.69, 9.17) is 0 Å². The highest BCUT2D eigenvalue weighted by atomic mass is 35.5. The molecule has 2 unspecified atom stereocenters. The lowest BCUT2D eigenvalue weighted by Gasteiger charge is -2.34. The molecular formula is C7H18Cl2N2. The fraction of sp³-hybridized carbons (Fsp3) is 1.00. The Balaban J connectivity index is 0. The van der Waals surface area contributed by atoms with Crippen LogP contribution in [0.4, 0.5) is 0 Å². The monoisotopic (exact) mass is 200 g/mol. The Morgan fingerprint density at radius 3 is 2.18 bits per heavy atom. The van der Waals surface area contributed by atoms with E-state index < -0.39 is 0 Å². The zero-order chi connectivity index (χ0) is 6.85. The van der Waals surface area contributed by atoms with Crippen molar-refractivity contribution in [1.82, 2.24) is 10.2 Å². The molecule has 0 aromatic carbocycles. The molecule has 0 amide bonds. The van der Waals surface area contributed by atoms with E-state index in [2.05, 4.69) is 31.1 Å². The molecule has 4 heteroatoms. The van der Waals surface area contributed by atoms with E-state index in [1.807, 2.05) is 0 Å². The molecule has 0 aliphatic carbocycles. The second-order valence-corrected chi connectivity index (χ2v) is 3.10. The summed E-state index contributed by atoms with van der Waals surface area (Å²) in [6.45, 7) is 6.79. The average Bonchev–Trinajstić information content (AvgIpc) is 1.80. The first-order chi connectivity index (χ1) is 4.20. The number of hydrogen-bond acceptors (Lipinski definition) is 2. The van der Waals surface area contributed by atoms with Crippen LogP contribution in [0.25, 0.3) is 0 Å². The molecule has 0 radical (unpaired) electrons. The van der Waals surface area contributed by atoms with Gasteiger partial charge < -0.3 is 10.2 Å². The molecule has 0 spiro atoms. The predicted molar refractivity (Wildman–Crippen MR) is 54.1 cm³/mol. The van der Waals surface area contributed by atoms with Gasteiger partial charge in [0.25, 0.3) is 0 Å². The van der Waals surface area contributed by atoms with Gasteiger partial charge in [0.1, 0.15) is 0 Å². The number of likely N-dealkylation sites (N-methyl/N-ethyl adjacent to an activating group) is 1. The third kappa shape index (κ3) is 4.16. The summed E-state index contributed by atoms with van der Waals surface area (Å²) in [5.41, 5.74) is 0. The van der Waals surface area contributed by atoms with Crippen LogP contribution in [-0.2, 0) is 0 Å². The Morgan fingerprint density at radius 2 is 1.82 bits per heavy atom. The van der Waals surface area contributed by atoms with E-state index >= 15 is 0 Å². The van der Waals surface area contributed by atoms with Gasteiger partial charge in [-0.25, -0.2) is 0 Å². The van der Waals surface area contributed by atoms with Crippen LogP contribution in [0.5, 0.6) is 0 Å². The number of nitrogens with zero attached hydrogens (tertiary/aromatic N) is 1. The lowest BCUT2D eigenvalue weighted by Crippen LogP contribution is -2.52. The maximum absolute atomic E-state index is 3.42. The molecule has 0 bridgehead atoms. The summed E-state index contributed by atoms with van der Waals surface area (Å²) in [6, 6.07) is 1.38. The molecule has 1 heterocycles. The van der Waals surface area contributed by atoms with E-state index in [9.17, 15) is 0 Å². The average molecular weight is 201 g/mol. The molecule has 0 saturated carbocycles. The van der Waals surface area contributed by atoms with Gasteiger partial charge in [0.15, 0.2) is 0 Å². The van der Waals surface area contributed by atoms with Crippen LogP contribution in [0.1, 0.15) is 13.8 Å². The van der Waals surface area contributed by atoms with E-state index in [0.717, 1.165) is 6.54 Å². The molecule has 11 heavy (non-hydrogen) atoms. The van der Waals surface area contributed by atoms with Gasteiger partial charge in [-0.15, -0.1) is 24.8 Å². The maximum Gasteiger partial charge on any atom is 0.0190 e. The van der Waals surface area contributed by atoms with Gasteiger partial charge in [-0.1, -0.05) is 0 Å². The van der Waals surface area contributed by atoms with Crippen molar-refractivity contribution in [1.29, 1.82) is 0 Å². The molecule has 70 valence electrons. The minimum absolute atomic E-state index is 0. The van der Waals surface area contributed by atoms with Crippen molar-refractivity contribution in [2.24, 2.45) is 0 Å². The Labute approximate surface area is 81.5 Å². The standard InChI is InChI=1S/C7H16N2.2ClH/c1-6-5-9(3)7(2)4-8-6;;/h6-8H,4-5H2,1-3H3;2*1H. The van der Waals surface area contributed by atoms with Crippen molar-refractivity contribution in [2.45, 2.75) is 25.9 Å². The summed E-state index contributed by atoms with van der Waals surface area (Å²) >= 11 is 0. The summed E-state index contributed by atoms with van der Waals surface area (Å²) in [5, 5.41) is 3.42. The van der Waals surface area contributed by atoms with Crippen molar-refractivity contribution in [3.8, 4) is 0 Å². The third-order valence-corrected chi connectivity index (χ3v) is 2.08. The van der Waals surface area contributed by atoms with E-state index in [-0.39, 0.29) is 24.8 Å². The molecule has 0 aromatic rings. The van der Waals surface area contributed by atoms with Crippen LogP contribution in [-0.4, -0.2) is 37.1 Å². The van der Waals surface area contributed by atoms with E-state index in [0.29, 0.717) is 12.1 Å². The van der Waals surface area contributed by atoms with Gasteiger partial charge >= 0.3 is 0 Å². The van der Waals surface area contributed by atoms with Crippen molar-refractivity contribution in [2.75, 3.05) is 20.1 Å². The number of hydrogen-bond donors (Lipinski definition) is 1. The van der Waals surface area contributed by atoms with Gasteiger partial charge in [-0.05, 0) is 20.9 Å². The first-order valence-corrected chi connectivity index (χ1v) is 3.64. The highest BCUT2D eigenvalue weighted by Gasteiger charge is 2.17. The molecular weight excluding hydrogens is 183 g/mol. The van der Waals surface area contributed by atoms with Crippen molar-refractivity contribution >= 4 is 24.8 Å². The smallest absolute Gasteiger partial charge is 0.0190 e. The normalized spacial score (nSPS) is 31.9. The molecule has 2 nitrogen and oxygen atoms in total. The highest BCUT2D eigenvalue weighted by molar-refractivity contribution is 5.85. The van der Waals surface area contributed by atoms with E-state index in [1.165, 1.54) is 6.54 Å². The van der Waals surface area contributed by atoms with Crippen LogP contribution in [0.15, 0.2) is 0 Å². The number of halogens is 2. The topological polar surface area (TPSA) is 15.3 Å². The summed E-state index contributed by atoms with van der Waals surface area (Å²) < 4.78 is 0. The fourth-order valence-corrected chi connectivity index (χ4v) is 1.20. The van der Waals surface area contributed by atoms with Gasteiger partial charge in [-0.2, -0.15) is 0 Å². The van der Waals surface area contributed by atoms with Gasteiger partial charge in [0.2, 0.25) is 0 Å². The van der Waals surface area contributed by atoms with Crippen molar-refractivity contribution in [3.05, 3.63) is 0 Å². The lowest BCUT2D eigenvalue weighted by atomic mass is 10.2. The van der Waals surface area contributed by atoms with Gasteiger partial charge in [-0.3, -0.25) is 0 Å². The highest BCUT2D eigenvalue weighted by Crippen LogP contribution is 2.01. The van der Waals surface area contributed by atoms with Crippen LogP contribution in [0.3, 0.4) is 0 Å². The van der Waals surface area contributed by atoms with E-state index in [1.54, 1.807) is 0 Å². The minimum Gasteiger partial charge on any atom is -0.311 e. The van der Waals surface area contributed by atoms with Crippen molar-refractivity contribution < 1.29 is 0 Å². The molecule has 1 rings (SSSR count). The summed E-state index contributed by atoms with van der Waals surface area (Å²) in [7, 11) is 2.18. The Bertz CT molecular complexity index is 100. The van der Waals surface area contributed by atoms with Crippen LogP contribution < -0.4 is 5.32 Å². The Morgan fingerprint density at radius 1 is 1.27 bits per heavy atom. The molecule has 1 fully saturated rings. The largest absolute Gasteiger partial charge is 0.311 e. The first kappa shape index (κ1) is 14.0. The minimum atomic E-state index is 0.